The van der Waals surface area contributed by atoms with Crippen LogP contribution in [0.1, 0.15) is 188 Å². The van der Waals surface area contributed by atoms with Gasteiger partial charge < -0.3 is 24.2 Å². The van der Waals surface area contributed by atoms with E-state index in [0.29, 0.717) is 19.3 Å². The lowest BCUT2D eigenvalue weighted by Gasteiger charge is -2.21. The summed E-state index contributed by atoms with van der Waals surface area (Å²) in [5, 5.41) is 9.75. The van der Waals surface area contributed by atoms with Crippen LogP contribution in [0.4, 0.5) is 0 Å². The molecule has 0 saturated carbocycles. The van der Waals surface area contributed by atoms with E-state index >= 15 is 0 Å². The number of unbranched alkanes of at least 4 members (excludes halogenated alkanes) is 12. The third-order valence-corrected chi connectivity index (χ3v) is 10.9. The minimum atomic E-state index is -4.77. The summed E-state index contributed by atoms with van der Waals surface area (Å²) < 4.78 is 39.2. The normalized spacial score (nSPS) is 14.3. The first-order valence-electron chi connectivity index (χ1n) is 25.1. The van der Waals surface area contributed by atoms with Crippen LogP contribution in [0.5, 0.6) is 0 Å². The Morgan fingerprint density at radius 2 is 0.818 bits per heavy atom. The fourth-order valence-corrected chi connectivity index (χ4v) is 6.98. The smallest absolute Gasteiger partial charge is 0.462 e. The zero-order valence-electron chi connectivity index (χ0n) is 41.1. The van der Waals surface area contributed by atoms with Crippen molar-refractivity contribution in [2.75, 3.05) is 26.4 Å². The largest absolute Gasteiger partial charge is 0.472 e. The molecule has 0 spiro atoms. The van der Waals surface area contributed by atoms with Gasteiger partial charge in [-0.15, -0.1) is 0 Å². The molecule has 3 atom stereocenters. The molecule has 0 fully saturated rings. The number of esters is 3. The van der Waals surface area contributed by atoms with Gasteiger partial charge in [0.15, 0.2) is 6.10 Å². The quantitative estimate of drug-likeness (QED) is 0.0197. The molecule has 0 heterocycles. The van der Waals surface area contributed by atoms with E-state index in [1.54, 1.807) is 0 Å². The van der Waals surface area contributed by atoms with Gasteiger partial charge in [-0.3, -0.25) is 23.4 Å². The Kier molecular flexibility index (Phi) is 45.3. The first-order chi connectivity index (χ1) is 32.2. The second-order valence-corrected chi connectivity index (χ2v) is 17.7. The number of phosphoric ester groups is 1. The standard InChI is InChI=1S/C54H89O11P/c1-4-7-10-13-16-19-22-25-28-31-34-37-40-43-52(56)61-47-51(65-54(58)45-42-39-36-33-30-27-24-21-18-15-12-9-6-3)49-63-66(59,60)62-48-50(46-55)64-53(57)44-41-38-35-32-29-26-23-20-17-14-11-8-5-2/h8-9,11-12,17-22,26-27,29-30,36,39,50-51,55H,4-7,10,13-16,23-25,28,31-35,37-38,40-49H2,1-3H3,(H,59,60)/b11-8-,12-9-,20-17-,21-18-,22-19-,29-26-,30-27-,39-36-. The summed E-state index contributed by atoms with van der Waals surface area (Å²) in [7, 11) is -4.77. The SMILES string of the molecule is CC/C=C\C/C=C\C/C=C\C/C=C\CCC(=O)OC(COC(=O)CCCCCCC/C=C\CCCCCC)COP(=O)(O)OCC(CO)OC(=O)CCCCC/C=C\C/C=C\C/C=C\CC. The predicted octanol–water partition coefficient (Wildman–Crippen LogP) is 14.1. The molecule has 0 aliphatic carbocycles. The highest BCUT2D eigenvalue weighted by molar-refractivity contribution is 7.47. The van der Waals surface area contributed by atoms with Crippen molar-refractivity contribution in [1.29, 1.82) is 0 Å². The summed E-state index contributed by atoms with van der Waals surface area (Å²) in [5.74, 6) is -1.62. The van der Waals surface area contributed by atoms with Gasteiger partial charge in [0.2, 0.25) is 0 Å². The molecule has 12 heteroatoms. The van der Waals surface area contributed by atoms with Gasteiger partial charge in [-0.1, -0.05) is 163 Å². The number of hydrogen-bond donors (Lipinski definition) is 2. The topological polar surface area (TPSA) is 155 Å². The number of rotatable bonds is 45. The van der Waals surface area contributed by atoms with Crippen LogP contribution >= 0.6 is 7.82 Å². The van der Waals surface area contributed by atoms with E-state index in [-0.39, 0.29) is 25.9 Å². The monoisotopic (exact) mass is 945 g/mol. The lowest BCUT2D eigenvalue weighted by molar-refractivity contribution is -0.161. The average molecular weight is 945 g/mol. The van der Waals surface area contributed by atoms with Crippen molar-refractivity contribution in [2.24, 2.45) is 0 Å². The fourth-order valence-electron chi connectivity index (χ4n) is 6.20. The molecule has 2 N–H and O–H groups in total. The molecule has 0 aliphatic heterocycles. The van der Waals surface area contributed by atoms with Crippen molar-refractivity contribution in [3.8, 4) is 0 Å². The van der Waals surface area contributed by atoms with Crippen LogP contribution in [0.2, 0.25) is 0 Å². The lowest BCUT2D eigenvalue weighted by Crippen LogP contribution is -2.30. The number of aliphatic hydroxyl groups is 1. The fraction of sp³-hybridized carbons (Fsp3) is 0.648. The van der Waals surface area contributed by atoms with E-state index in [0.717, 1.165) is 103 Å². The second-order valence-electron chi connectivity index (χ2n) is 16.2. The molecule has 0 aromatic rings. The van der Waals surface area contributed by atoms with Crippen molar-refractivity contribution in [3.63, 3.8) is 0 Å². The molecule has 3 unspecified atom stereocenters. The third-order valence-electron chi connectivity index (χ3n) is 9.99. The van der Waals surface area contributed by atoms with Crippen LogP contribution in [0, 0.1) is 0 Å². The van der Waals surface area contributed by atoms with E-state index in [1.807, 2.05) is 12.2 Å². The zero-order chi connectivity index (χ0) is 48.4. The van der Waals surface area contributed by atoms with Crippen LogP contribution < -0.4 is 0 Å². The van der Waals surface area contributed by atoms with Gasteiger partial charge >= 0.3 is 25.7 Å². The van der Waals surface area contributed by atoms with Crippen molar-refractivity contribution >= 4 is 25.7 Å². The van der Waals surface area contributed by atoms with Crippen molar-refractivity contribution in [3.05, 3.63) is 97.2 Å². The van der Waals surface area contributed by atoms with Crippen molar-refractivity contribution in [1.82, 2.24) is 0 Å². The molecular weight excluding hydrogens is 856 g/mol. The van der Waals surface area contributed by atoms with E-state index in [9.17, 15) is 28.9 Å². The minimum absolute atomic E-state index is 0.0384. The minimum Gasteiger partial charge on any atom is -0.462 e. The number of aliphatic hydroxyl groups excluding tert-OH is 1. The molecule has 0 saturated heterocycles. The maximum atomic E-state index is 12.8. The highest BCUT2D eigenvalue weighted by Gasteiger charge is 2.28. The summed E-state index contributed by atoms with van der Waals surface area (Å²) in [4.78, 5) is 48.2. The summed E-state index contributed by atoms with van der Waals surface area (Å²) in [6.45, 7) is 4.23. The van der Waals surface area contributed by atoms with Gasteiger partial charge in [-0.05, 0) is 103 Å². The van der Waals surface area contributed by atoms with E-state index in [4.69, 9.17) is 23.3 Å². The maximum absolute atomic E-state index is 12.8. The molecule has 0 bridgehead atoms. The number of carbonyl (C=O) groups excluding carboxylic acids is 3. The summed E-state index contributed by atoms with van der Waals surface area (Å²) in [5.41, 5.74) is 0. The van der Waals surface area contributed by atoms with Gasteiger partial charge in [-0.25, -0.2) is 4.57 Å². The van der Waals surface area contributed by atoms with E-state index in [2.05, 4.69) is 106 Å². The highest BCUT2D eigenvalue weighted by atomic mass is 31.2. The third kappa shape index (κ3) is 45.6. The molecule has 11 nitrogen and oxygen atoms in total. The number of carbonyl (C=O) groups is 3. The number of allylic oxidation sites excluding steroid dienone is 16. The van der Waals surface area contributed by atoms with Crippen molar-refractivity contribution < 1.29 is 52.2 Å². The molecule has 0 aromatic carbocycles. The number of hydrogen-bond acceptors (Lipinski definition) is 10. The van der Waals surface area contributed by atoms with Crippen LogP contribution in [0.3, 0.4) is 0 Å². The van der Waals surface area contributed by atoms with Crippen LogP contribution in [0.25, 0.3) is 0 Å². The lowest BCUT2D eigenvalue weighted by atomic mass is 10.1. The van der Waals surface area contributed by atoms with Gasteiger partial charge in [0.1, 0.15) is 12.7 Å². The first kappa shape index (κ1) is 62.4. The first-order valence-corrected chi connectivity index (χ1v) is 26.6. The summed E-state index contributed by atoms with van der Waals surface area (Å²) >= 11 is 0. The molecule has 0 rings (SSSR count). The number of phosphoric acid groups is 1. The van der Waals surface area contributed by atoms with Gasteiger partial charge in [0.05, 0.1) is 19.8 Å². The highest BCUT2D eigenvalue weighted by Crippen LogP contribution is 2.43. The zero-order valence-corrected chi connectivity index (χ0v) is 42.0. The Morgan fingerprint density at radius 3 is 1.33 bits per heavy atom. The maximum Gasteiger partial charge on any atom is 0.472 e. The van der Waals surface area contributed by atoms with E-state index < -0.39 is 57.8 Å². The Labute approximate surface area is 400 Å². The Bertz CT molecular complexity index is 1480. The molecule has 66 heavy (non-hydrogen) atoms. The predicted molar refractivity (Wildman–Crippen MR) is 270 cm³/mol. The summed E-state index contributed by atoms with van der Waals surface area (Å²) in [6.07, 6.45) is 54.0. The average Bonchev–Trinajstić information content (AvgIpc) is 3.30. The molecule has 0 radical (unpaired) electrons. The van der Waals surface area contributed by atoms with Gasteiger partial charge in [0.25, 0.3) is 0 Å². The number of ether oxygens (including phenoxy) is 3. The van der Waals surface area contributed by atoms with Crippen molar-refractivity contribution in [2.45, 2.75) is 200 Å². The molecule has 376 valence electrons. The van der Waals surface area contributed by atoms with Gasteiger partial charge in [-0.2, -0.15) is 0 Å². The molecule has 0 amide bonds. The molecular formula is C54H89O11P. The Balaban J connectivity index is 4.88. The molecule has 0 aromatic heterocycles. The van der Waals surface area contributed by atoms with Crippen LogP contribution in [0.15, 0.2) is 97.2 Å². The Hall–Kier alpha value is -3.60. The van der Waals surface area contributed by atoms with E-state index in [1.165, 1.54) is 25.7 Å². The molecule has 0 aliphatic rings. The van der Waals surface area contributed by atoms with Crippen LogP contribution in [-0.4, -0.2) is 66.5 Å². The Morgan fingerprint density at radius 1 is 0.439 bits per heavy atom. The second kappa shape index (κ2) is 47.9. The van der Waals surface area contributed by atoms with Crippen LogP contribution in [-0.2, 0) is 42.2 Å². The van der Waals surface area contributed by atoms with Gasteiger partial charge in [0, 0.05) is 19.3 Å². The summed E-state index contributed by atoms with van der Waals surface area (Å²) in [6, 6.07) is 0.